The summed E-state index contributed by atoms with van der Waals surface area (Å²) in [4.78, 5) is 2.61. The molecule has 2 aliphatic heterocycles. The molecule has 2 fully saturated rings. The maximum atomic E-state index is 13.1. The topological polar surface area (TPSA) is 15.3 Å². The lowest BCUT2D eigenvalue weighted by molar-refractivity contribution is 0.231. The van der Waals surface area contributed by atoms with Crippen molar-refractivity contribution in [2.45, 2.75) is 31.6 Å². The number of hydrogen-bond donors (Lipinski definition) is 1. The van der Waals surface area contributed by atoms with E-state index < -0.39 is 0 Å². The number of piperidine rings is 1. The summed E-state index contributed by atoms with van der Waals surface area (Å²) in [5.41, 5.74) is 1.48. The number of rotatable bonds is 3. The summed E-state index contributed by atoms with van der Waals surface area (Å²) in [7, 11) is 0. The zero-order valence-electron chi connectivity index (χ0n) is 12.4. The van der Waals surface area contributed by atoms with E-state index in [1.165, 1.54) is 51.0 Å². The molecule has 2 saturated heterocycles. The highest BCUT2D eigenvalue weighted by Gasteiger charge is 2.35. The van der Waals surface area contributed by atoms with Crippen molar-refractivity contribution in [1.29, 1.82) is 0 Å². The van der Waals surface area contributed by atoms with Gasteiger partial charge in [0.2, 0.25) is 0 Å². The molecule has 2 heterocycles. The molecule has 2 nitrogen and oxygen atoms in total. The highest BCUT2D eigenvalue weighted by atomic mass is 19.1. The Labute approximate surface area is 121 Å². The minimum Gasteiger partial charge on any atom is -0.317 e. The SMILES string of the molecule is CC1(c2ccc(F)cc2)CCN(CC2CCNCC2)C1. The van der Waals surface area contributed by atoms with Crippen molar-refractivity contribution < 1.29 is 4.39 Å². The predicted molar refractivity (Wildman–Crippen MR) is 80.4 cm³/mol. The van der Waals surface area contributed by atoms with Gasteiger partial charge in [-0.3, -0.25) is 0 Å². The smallest absolute Gasteiger partial charge is 0.123 e. The molecule has 0 bridgehead atoms. The van der Waals surface area contributed by atoms with Crippen LogP contribution in [0.1, 0.15) is 31.7 Å². The maximum Gasteiger partial charge on any atom is 0.123 e. The van der Waals surface area contributed by atoms with Crippen LogP contribution in [0.25, 0.3) is 0 Å². The summed E-state index contributed by atoms with van der Waals surface area (Å²) in [6.07, 6.45) is 3.80. The molecule has 0 aromatic heterocycles. The zero-order valence-corrected chi connectivity index (χ0v) is 12.4. The molecule has 0 spiro atoms. The third-order valence-electron chi connectivity index (χ3n) is 5.07. The van der Waals surface area contributed by atoms with Crippen LogP contribution >= 0.6 is 0 Å². The number of likely N-dealkylation sites (tertiary alicyclic amines) is 1. The summed E-state index contributed by atoms with van der Waals surface area (Å²) in [5, 5.41) is 3.43. The van der Waals surface area contributed by atoms with Gasteiger partial charge in [-0.25, -0.2) is 4.39 Å². The Bertz CT molecular complexity index is 439. The fraction of sp³-hybridized carbons (Fsp3) is 0.647. The molecule has 1 aromatic carbocycles. The van der Waals surface area contributed by atoms with Crippen molar-refractivity contribution in [3.05, 3.63) is 35.6 Å². The Morgan fingerprint density at radius 1 is 1.25 bits per heavy atom. The first-order valence-corrected chi connectivity index (χ1v) is 7.85. The van der Waals surface area contributed by atoms with Crippen LogP contribution in [0, 0.1) is 11.7 Å². The first-order valence-electron chi connectivity index (χ1n) is 7.85. The summed E-state index contributed by atoms with van der Waals surface area (Å²) >= 11 is 0. The lowest BCUT2D eigenvalue weighted by Crippen LogP contribution is -2.36. The lowest BCUT2D eigenvalue weighted by Gasteiger charge is -2.29. The second kappa shape index (κ2) is 5.82. The van der Waals surface area contributed by atoms with Crippen molar-refractivity contribution >= 4 is 0 Å². The summed E-state index contributed by atoms with van der Waals surface area (Å²) in [6.45, 7) is 8.20. The maximum absolute atomic E-state index is 13.1. The van der Waals surface area contributed by atoms with Crippen LogP contribution < -0.4 is 5.32 Å². The van der Waals surface area contributed by atoms with Crippen molar-refractivity contribution in [2.75, 3.05) is 32.7 Å². The van der Waals surface area contributed by atoms with Crippen molar-refractivity contribution in [1.82, 2.24) is 10.2 Å². The zero-order chi connectivity index (χ0) is 14.0. The van der Waals surface area contributed by atoms with Gasteiger partial charge in [0.15, 0.2) is 0 Å². The van der Waals surface area contributed by atoms with Gasteiger partial charge in [-0.15, -0.1) is 0 Å². The minimum atomic E-state index is -0.137. The Morgan fingerprint density at radius 3 is 2.65 bits per heavy atom. The largest absolute Gasteiger partial charge is 0.317 e. The average Bonchev–Trinajstić information content (AvgIpc) is 2.83. The lowest BCUT2D eigenvalue weighted by atomic mass is 9.82. The molecular formula is C17H25FN2. The molecule has 1 aromatic rings. The van der Waals surface area contributed by atoms with Gasteiger partial charge in [0.1, 0.15) is 5.82 Å². The van der Waals surface area contributed by atoms with Crippen molar-refractivity contribution in [3.8, 4) is 0 Å². The van der Waals surface area contributed by atoms with Crippen LogP contribution in [-0.4, -0.2) is 37.6 Å². The molecule has 0 aliphatic carbocycles. The van der Waals surface area contributed by atoms with Gasteiger partial charge < -0.3 is 10.2 Å². The average molecular weight is 276 g/mol. The first-order chi connectivity index (χ1) is 9.66. The summed E-state index contributed by atoms with van der Waals surface area (Å²) in [5.74, 6) is 0.716. The van der Waals surface area contributed by atoms with E-state index in [1.807, 2.05) is 12.1 Å². The number of halogens is 1. The number of hydrogen-bond acceptors (Lipinski definition) is 2. The first kappa shape index (κ1) is 14.0. The third kappa shape index (κ3) is 3.04. The van der Waals surface area contributed by atoms with Crippen molar-refractivity contribution in [2.24, 2.45) is 5.92 Å². The normalized spacial score (nSPS) is 28.9. The number of nitrogens with one attached hydrogen (secondary N) is 1. The molecular weight excluding hydrogens is 251 g/mol. The molecule has 0 radical (unpaired) electrons. The molecule has 1 N–H and O–H groups in total. The molecule has 1 atom stereocenters. The highest BCUT2D eigenvalue weighted by molar-refractivity contribution is 5.27. The van der Waals surface area contributed by atoms with Gasteiger partial charge in [0.25, 0.3) is 0 Å². The second-order valence-electron chi connectivity index (χ2n) is 6.75. The quantitative estimate of drug-likeness (QED) is 0.913. The van der Waals surface area contributed by atoms with Gasteiger partial charge in [0, 0.05) is 18.5 Å². The second-order valence-corrected chi connectivity index (χ2v) is 6.75. The van der Waals surface area contributed by atoms with E-state index >= 15 is 0 Å². The molecule has 3 heteroatoms. The van der Waals surface area contributed by atoms with Gasteiger partial charge in [0.05, 0.1) is 0 Å². The summed E-state index contributed by atoms with van der Waals surface area (Å²) < 4.78 is 13.1. The van der Waals surface area contributed by atoms with Gasteiger partial charge in [-0.05, 0) is 62.5 Å². The fourth-order valence-corrected chi connectivity index (χ4v) is 3.73. The standard InChI is InChI=1S/C17H25FN2/c1-17(15-2-4-16(18)5-3-15)8-11-20(13-17)12-14-6-9-19-10-7-14/h2-5,14,19H,6-13H2,1H3. The van der Waals surface area contributed by atoms with E-state index in [-0.39, 0.29) is 11.2 Å². The van der Waals surface area contributed by atoms with E-state index in [4.69, 9.17) is 0 Å². The Kier molecular flexibility index (Phi) is 4.08. The van der Waals surface area contributed by atoms with Crippen molar-refractivity contribution in [3.63, 3.8) is 0 Å². The summed E-state index contributed by atoms with van der Waals surface area (Å²) in [6, 6.07) is 7.11. The minimum absolute atomic E-state index is 0.137. The van der Waals surface area contributed by atoms with Crippen LogP contribution in [0.5, 0.6) is 0 Å². The Hall–Kier alpha value is -0.930. The van der Waals surface area contributed by atoms with Crippen LogP contribution in [0.2, 0.25) is 0 Å². The van der Waals surface area contributed by atoms with E-state index in [2.05, 4.69) is 17.1 Å². The van der Waals surface area contributed by atoms with E-state index in [0.29, 0.717) is 0 Å². The molecule has 2 aliphatic rings. The van der Waals surface area contributed by atoms with E-state index in [1.54, 1.807) is 12.1 Å². The number of benzene rings is 1. The molecule has 1 unspecified atom stereocenters. The monoisotopic (exact) mass is 276 g/mol. The molecule has 3 rings (SSSR count). The predicted octanol–water partition coefficient (Wildman–Crippen LogP) is 2.79. The van der Waals surface area contributed by atoms with Crippen LogP contribution in [0.4, 0.5) is 4.39 Å². The Balaban J connectivity index is 1.61. The van der Waals surface area contributed by atoms with Crippen LogP contribution in [0.15, 0.2) is 24.3 Å². The van der Waals surface area contributed by atoms with Gasteiger partial charge >= 0.3 is 0 Å². The van der Waals surface area contributed by atoms with E-state index in [9.17, 15) is 4.39 Å². The highest BCUT2D eigenvalue weighted by Crippen LogP contribution is 2.34. The van der Waals surface area contributed by atoms with Gasteiger partial charge in [-0.2, -0.15) is 0 Å². The molecule has 20 heavy (non-hydrogen) atoms. The molecule has 0 amide bonds. The number of nitrogens with zero attached hydrogens (tertiary/aromatic N) is 1. The van der Waals surface area contributed by atoms with Crippen LogP contribution in [0.3, 0.4) is 0 Å². The fourth-order valence-electron chi connectivity index (χ4n) is 3.73. The Morgan fingerprint density at radius 2 is 1.95 bits per heavy atom. The molecule has 0 saturated carbocycles. The van der Waals surface area contributed by atoms with Crippen LogP contribution in [-0.2, 0) is 5.41 Å². The van der Waals surface area contributed by atoms with E-state index in [0.717, 1.165) is 12.5 Å². The third-order valence-corrected chi connectivity index (χ3v) is 5.07. The van der Waals surface area contributed by atoms with Gasteiger partial charge in [-0.1, -0.05) is 19.1 Å². The molecule has 110 valence electrons.